The van der Waals surface area contributed by atoms with Crippen LogP contribution in [0, 0.1) is 5.92 Å². The molecule has 3 unspecified atom stereocenters. The standard InChI is InChI=1S/C11H16N2O5S/c1-2-13(8-4-18-3-6(8)10(15)16)9(14)7-5-19-11(17)12-7/h6-8H,2-5H2,1H3,(H,12,17)(H,15,16). The van der Waals surface area contributed by atoms with Crippen molar-refractivity contribution in [2.45, 2.75) is 19.0 Å². The SMILES string of the molecule is CCN(C(=O)C1CSC(=O)N1)C1COCC1C(=O)O. The van der Waals surface area contributed by atoms with Crippen molar-refractivity contribution in [3.63, 3.8) is 0 Å². The van der Waals surface area contributed by atoms with E-state index in [0.29, 0.717) is 12.3 Å². The molecule has 0 aromatic rings. The Kier molecular flexibility index (Phi) is 4.31. The van der Waals surface area contributed by atoms with Crippen LogP contribution < -0.4 is 5.32 Å². The lowest BCUT2D eigenvalue weighted by molar-refractivity contribution is -0.145. The second-order valence-electron chi connectivity index (χ2n) is 4.47. The van der Waals surface area contributed by atoms with E-state index in [1.165, 1.54) is 4.90 Å². The number of hydrogen-bond acceptors (Lipinski definition) is 5. The predicted molar refractivity (Wildman–Crippen MR) is 67.9 cm³/mol. The van der Waals surface area contributed by atoms with Gasteiger partial charge in [-0.1, -0.05) is 11.8 Å². The minimum atomic E-state index is -0.960. The summed E-state index contributed by atoms with van der Waals surface area (Å²) in [6.07, 6.45) is 0. The Hall–Kier alpha value is -1.28. The zero-order chi connectivity index (χ0) is 14.0. The van der Waals surface area contributed by atoms with Crippen LogP contribution in [0.4, 0.5) is 4.79 Å². The number of rotatable bonds is 4. The molecule has 0 radical (unpaired) electrons. The highest BCUT2D eigenvalue weighted by molar-refractivity contribution is 8.14. The van der Waals surface area contributed by atoms with Crippen molar-refractivity contribution < 1.29 is 24.2 Å². The number of likely N-dealkylation sites (N-methyl/N-ethyl adjacent to an activating group) is 1. The van der Waals surface area contributed by atoms with Gasteiger partial charge in [-0.3, -0.25) is 14.4 Å². The quantitative estimate of drug-likeness (QED) is 0.741. The first-order chi connectivity index (χ1) is 9.04. The van der Waals surface area contributed by atoms with E-state index in [2.05, 4.69) is 5.32 Å². The molecule has 2 aliphatic rings. The van der Waals surface area contributed by atoms with Crippen LogP contribution in [0.5, 0.6) is 0 Å². The first-order valence-electron chi connectivity index (χ1n) is 6.09. The molecular formula is C11H16N2O5S. The summed E-state index contributed by atoms with van der Waals surface area (Å²) in [6, 6.07) is -1.02. The van der Waals surface area contributed by atoms with E-state index in [4.69, 9.17) is 9.84 Å². The molecule has 2 saturated heterocycles. The monoisotopic (exact) mass is 288 g/mol. The molecular weight excluding hydrogens is 272 g/mol. The summed E-state index contributed by atoms with van der Waals surface area (Å²) in [5.41, 5.74) is 0. The van der Waals surface area contributed by atoms with Crippen LogP contribution in [-0.2, 0) is 14.3 Å². The molecule has 8 heteroatoms. The largest absolute Gasteiger partial charge is 0.481 e. The van der Waals surface area contributed by atoms with E-state index in [9.17, 15) is 14.4 Å². The number of ether oxygens (including phenoxy) is 1. The third-order valence-electron chi connectivity index (χ3n) is 3.36. The summed E-state index contributed by atoms with van der Waals surface area (Å²) in [4.78, 5) is 36.1. The molecule has 0 aromatic heterocycles. The van der Waals surface area contributed by atoms with Gasteiger partial charge in [0.2, 0.25) is 5.91 Å². The molecule has 3 atom stereocenters. The predicted octanol–water partition coefficient (Wildman–Crippen LogP) is -0.240. The number of carboxylic acids is 1. The molecule has 2 N–H and O–H groups in total. The first kappa shape index (κ1) is 14.1. The van der Waals surface area contributed by atoms with Gasteiger partial charge < -0.3 is 20.1 Å². The van der Waals surface area contributed by atoms with Gasteiger partial charge in [-0.15, -0.1) is 0 Å². The van der Waals surface area contributed by atoms with Gasteiger partial charge in [0.05, 0.1) is 19.3 Å². The number of carbonyl (C=O) groups excluding carboxylic acids is 2. The molecule has 2 heterocycles. The summed E-state index contributed by atoms with van der Waals surface area (Å²) in [5.74, 6) is -1.51. The number of carboxylic acid groups (broad SMARTS) is 1. The maximum Gasteiger partial charge on any atom is 0.311 e. The van der Waals surface area contributed by atoms with Gasteiger partial charge in [0.15, 0.2) is 0 Å². The third kappa shape index (κ3) is 2.84. The Morgan fingerprint density at radius 2 is 2.26 bits per heavy atom. The molecule has 2 rings (SSSR count). The summed E-state index contributed by atoms with van der Waals surface area (Å²) in [5, 5.41) is 11.5. The Morgan fingerprint density at radius 3 is 2.79 bits per heavy atom. The average molecular weight is 288 g/mol. The third-order valence-corrected chi connectivity index (χ3v) is 4.24. The lowest BCUT2D eigenvalue weighted by Gasteiger charge is -2.31. The molecule has 0 spiro atoms. The molecule has 2 aliphatic heterocycles. The van der Waals surface area contributed by atoms with Crippen LogP contribution >= 0.6 is 11.8 Å². The van der Waals surface area contributed by atoms with Gasteiger partial charge >= 0.3 is 5.97 Å². The van der Waals surface area contributed by atoms with Crippen molar-refractivity contribution >= 4 is 28.9 Å². The van der Waals surface area contributed by atoms with Gasteiger partial charge in [0.25, 0.3) is 5.24 Å². The van der Waals surface area contributed by atoms with Gasteiger partial charge in [0.1, 0.15) is 12.0 Å². The Labute approximate surface area is 114 Å². The minimum Gasteiger partial charge on any atom is -0.481 e. The number of hydrogen-bond donors (Lipinski definition) is 2. The van der Waals surface area contributed by atoms with Crippen molar-refractivity contribution in [1.29, 1.82) is 0 Å². The van der Waals surface area contributed by atoms with Crippen molar-refractivity contribution in [3.05, 3.63) is 0 Å². The van der Waals surface area contributed by atoms with Crippen molar-refractivity contribution in [3.8, 4) is 0 Å². The van der Waals surface area contributed by atoms with Crippen LogP contribution in [-0.4, -0.2) is 64.7 Å². The zero-order valence-corrected chi connectivity index (χ0v) is 11.3. The summed E-state index contributed by atoms with van der Waals surface area (Å²) in [6.45, 7) is 2.53. The number of nitrogens with one attached hydrogen (secondary N) is 1. The topological polar surface area (TPSA) is 95.9 Å². The maximum absolute atomic E-state index is 12.3. The molecule has 2 fully saturated rings. The molecule has 2 amide bonds. The van der Waals surface area contributed by atoms with E-state index in [1.807, 2.05) is 0 Å². The van der Waals surface area contributed by atoms with Crippen molar-refractivity contribution in [1.82, 2.24) is 10.2 Å². The van der Waals surface area contributed by atoms with Gasteiger partial charge in [-0.2, -0.15) is 0 Å². The second kappa shape index (κ2) is 5.79. The van der Waals surface area contributed by atoms with Crippen LogP contribution in [0.25, 0.3) is 0 Å². The number of nitrogens with zero attached hydrogens (tertiary/aromatic N) is 1. The Bertz CT molecular complexity index is 403. The molecule has 19 heavy (non-hydrogen) atoms. The fraction of sp³-hybridized carbons (Fsp3) is 0.727. The number of amides is 2. The summed E-state index contributed by atoms with van der Waals surface area (Å²) >= 11 is 1.07. The smallest absolute Gasteiger partial charge is 0.311 e. The molecule has 0 aliphatic carbocycles. The molecule has 7 nitrogen and oxygen atoms in total. The van der Waals surface area contributed by atoms with Crippen LogP contribution in [0.3, 0.4) is 0 Å². The van der Waals surface area contributed by atoms with Crippen LogP contribution in [0.1, 0.15) is 6.92 Å². The highest BCUT2D eigenvalue weighted by atomic mass is 32.2. The van der Waals surface area contributed by atoms with Gasteiger partial charge in [-0.05, 0) is 6.92 Å². The molecule has 106 valence electrons. The van der Waals surface area contributed by atoms with E-state index in [1.54, 1.807) is 6.92 Å². The first-order valence-corrected chi connectivity index (χ1v) is 7.07. The minimum absolute atomic E-state index is 0.121. The summed E-state index contributed by atoms with van der Waals surface area (Å²) in [7, 11) is 0. The lowest BCUT2D eigenvalue weighted by atomic mass is 10.0. The highest BCUT2D eigenvalue weighted by Crippen LogP contribution is 2.23. The molecule has 0 bridgehead atoms. The van der Waals surface area contributed by atoms with Crippen molar-refractivity contribution in [2.75, 3.05) is 25.5 Å². The maximum atomic E-state index is 12.3. The second-order valence-corrected chi connectivity index (χ2v) is 5.46. The van der Waals surface area contributed by atoms with E-state index in [-0.39, 0.29) is 24.4 Å². The highest BCUT2D eigenvalue weighted by Gasteiger charge is 2.42. The number of aliphatic carboxylic acids is 1. The normalized spacial score (nSPS) is 30.2. The molecule has 0 saturated carbocycles. The number of thioether (sulfide) groups is 1. The zero-order valence-electron chi connectivity index (χ0n) is 10.5. The van der Waals surface area contributed by atoms with Gasteiger partial charge in [-0.25, -0.2) is 0 Å². The fourth-order valence-corrected chi connectivity index (χ4v) is 3.13. The van der Waals surface area contributed by atoms with E-state index in [0.717, 1.165) is 11.8 Å². The van der Waals surface area contributed by atoms with Crippen LogP contribution in [0.2, 0.25) is 0 Å². The average Bonchev–Trinajstić information content (AvgIpc) is 2.98. The van der Waals surface area contributed by atoms with Gasteiger partial charge in [0, 0.05) is 12.3 Å². The lowest BCUT2D eigenvalue weighted by Crippen LogP contribution is -2.53. The number of carbonyl (C=O) groups is 3. The van der Waals surface area contributed by atoms with E-state index >= 15 is 0 Å². The Morgan fingerprint density at radius 1 is 1.53 bits per heavy atom. The van der Waals surface area contributed by atoms with Crippen molar-refractivity contribution in [2.24, 2.45) is 5.92 Å². The van der Waals surface area contributed by atoms with Crippen LogP contribution in [0.15, 0.2) is 0 Å². The summed E-state index contributed by atoms with van der Waals surface area (Å²) < 4.78 is 5.18. The molecule has 0 aromatic carbocycles. The van der Waals surface area contributed by atoms with E-state index < -0.39 is 24.0 Å². The Balaban J connectivity index is 2.08. The fourth-order valence-electron chi connectivity index (χ4n) is 2.36.